The highest BCUT2D eigenvalue weighted by Gasteiger charge is 2.39. The Morgan fingerprint density at radius 1 is 1.33 bits per heavy atom. The third-order valence-corrected chi connectivity index (χ3v) is 4.32. The lowest BCUT2D eigenvalue weighted by molar-refractivity contribution is -0.144. The minimum absolute atomic E-state index is 0.386. The first-order valence-electron chi connectivity index (χ1n) is 5.93. The second-order valence-electron chi connectivity index (χ2n) is 4.77. The van der Waals surface area contributed by atoms with Gasteiger partial charge in [-0.15, -0.1) is 0 Å². The van der Waals surface area contributed by atoms with E-state index in [0.717, 1.165) is 44.0 Å². The van der Waals surface area contributed by atoms with Gasteiger partial charge in [0.15, 0.2) is 0 Å². The van der Waals surface area contributed by atoms with Crippen LogP contribution in [-0.2, 0) is 6.18 Å². The van der Waals surface area contributed by atoms with Crippen molar-refractivity contribution in [1.82, 2.24) is 14.7 Å². The molecule has 0 saturated carbocycles. The van der Waals surface area contributed by atoms with Crippen LogP contribution in [0.4, 0.5) is 18.3 Å². The van der Waals surface area contributed by atoms with E-state index in [-0.39, 0.29) is 0 Å². The van der Waals surface area contributed by atoms with Gasteiger partial charge in [-0.25, -0.2) is 0 Å². The van der Waals surface area contributed by atoms with Crippen LogP contribution in [0.15, 0.2) is 0 Å². The van der Waals surface area contributed by atoms with E-state index >= 15 is 0 Å². The fraction of sp³-hybridized carbons (Fsp3) is 0.800. The van der Waals surface area contributed by atoms with Crippen molar-refractivity contribution in [2.24, 2.45) is 5.92 Å². The molecule has 1 aromatic heterocycles. The average molecular weight is 278 g/mol. The molecule has 2 atom stereocenters. The smallest absolute Gasteiger partial charge is 0.345 e. The van der Waals surface area contributed by atoms with Gasteiger partial charge in [0.1, 0.15) is 0 Å². The summed E-state index contributed by atoms with van der Waals surface area (Å²) in [5.74, 6) is -0.498. The van der Waals surface area contributed by atoms with Crippen molar-refractivity contribution in [3.63, 3.8) is 0 Å². The molecule has 0 spiro atoms. The van der Waals surface area contributed by atoms with E-state index in [1.165, 1.54) is 0 Å². The van der Waals surface area contributed by atoms with Crippen LogP contribution in [0, 0.1) is 5.92 Å². The molecule has 0 aromatic carbocycles. The first kappa shape index (κ1) is 12.2. The van der Waals surface area contributed by atoms with Crippen molar-refractivity contribution in [1.29, 1.82) is 0 Å². The fourth-order valence-corrected chi connectivity index (χ4v) is 3.37. The molecule has 0 amide bonds. The molecular formula is C10H13F3N4S. The molecule has 2 aliphatic rings. The second kappa shape index (κ2) is 4.34. The third-order valence-electron chi connectivity index (χ3n) is 3.54. The lowest BCUT2D eigenvalue weighted by atomic mass is 9.94. The first-order valence-corrected chi connectivity index (χ1v) is 6.70. The van der Waals surface area contributed by atoms with Crippen molar-refractivity contribution in [2.75, 3.05) is 24.5 Å². The summed E-state index contributed by atoms with van der Waals surface area (Å²) in [4.78, 5) is 5.52. The van der Waals surface area contributed by atoms with Crippen molar-refractivity contribution >= 4 is 16.7 Å². The van der Waals surface area contributed by atoms with E-state index in [0.29, 0.717) is 17.1 Å². The number of hydrogen-bond acceptors (Lipinski definition) is 5. The van der Waals surface area contributed by atoms with Gasteiger partial charge in [0, 0.05) is 30.7 Å². The molecule has 18 heavy (non-hydrogen) atoms. The molecule has 0 aliphatic carbocycles. The average Bonchev–Trinajstić information content (AvgIpc) is 2.94. The number of piperidine rings is 1. The van der Waals surface area contributed by atoms with Gasteiger partial charge in [0.2, 0.25) is 11.0 Å². The summed E-state index contributed by atoms with van der Waals surface area (Å²) in [6, 6.07) is 0.386. The predicted octanol–water partition coefficient (Wildman–Crippen LogP) is 1.75. The van der Waals surface area contributed by atoms with Crippen LogP contribution in [0.25, 0.3) is 0 Å². The predicted molar refractivity (Wildman–Crippen MR) is 61.6 cm³/mol. The molecule has 2 saturated heterocycles. The highest BCUT2D eigenvalue weighted by atomic mass is 32.1. The topological polar surface area (TPSA) is 41.1 Å². The van der Waals surface area contributed by atoms with Crippen LogP contribution in [0.3, 0.4) is 0 Å². The van der Waals surface area contributed by atoms with Crippen LogP contribution in [0.5, 0.6) is 0 Å². The number of hydrogen-bond donors (Lipinski definition) is 1. The van der Waals surface area contributed by atoms with Crippen molar-refractivity contribution in [3.8, 4) is 0 Å². The Kier molecular flexibility index (Phi) is 2.93. The largest absolute Gasteiger partial charge is 0.452 e. The molecule has 0 bridgehead atoms. The van der Waals surface area contributed by atoms with Gasteiger partial charge in [-0.3, -0.25) is 0 Å². The zero-order valence-corrected chi connectivity index (χ0v) is 10.4. The van der Waals surface area contributed by atoms with Crippen LogP contribution in [-0.4, -0.2) is 35.0 Å². The zero-order valence-electron chi connectivity index (χ0n) is 9.57. The maximum Gasteiger partial charge on any atom is 0.452 e. The number of rotatable bonds is 1. The molecule has 2 unspecified atom stereocenters. The van der Waals surface area contributed by atoms with Gasteiger partial charge in [-0.1, -0.05) is 0 Å². The summed E-state index contributed by atoms with van der Waals surface area (Å²) in [5.41, 5.74) is 0. The highest BCUT2D eigenvalue weighted by molar-refractivity contribution is 7.09. The number of nitrogens with zero attached hydrogens (tertiary/aromatic N) is 3. The van der Waals surface area contributed by atoms with Gasteiger partial charge in [-0.2, -0.15) is 22.5 Å². The van der Waals surface area contributed by atoms with Gasteiger partial charge >= 0.3 is 6.18 Å². The lowest BCUT2D eigenvalue weighted by Gasteiger charge is -2.24. The molecule has 1 N–H and O–H groups in total. The number of halogens is 3. The summed E-state index contributed by atoms with van der Waals surface area (Å²) in [6.07, 6.45) is -2.17. The minimum atomic E-state index is -4.44. The summed E-state index contributed by atoms with van der Waals surface area (Å²) in [5, 5.41) is 3.80. The summed E-state index contributed by atoms with van der Waals surface area (Å²) >= 11 is 0.836. The number of alkyl halides is 3. The molecule has 3 heterocycles. The number of nitrogens with one attached hydrogen (secondary N) is 1. The molecule has 8 heteroatoms. The summed E-state index contributed by atoms with van der Waals surface area (Å²) in [6.45, 7) is 2.51. The van der Waals surface area contributed by atoms with Gasteiger partial charge in [0.05, 0.1) is 0 Å². The Morgan fingerprint density at radius 2 is 2.17 bits per heavy atom. The van der Waals surface area contributed by atoms with Crippen molar-refractivity contribution < 1.29 is 13.2 Å². The van der Waals surface area contributed by atoms with E-state index in [1.807, 2.05) is 4.90 Å². The molecule has 3 rings (SSSR count). The molecule has 100 valence electrons. The maximum absolute atomic E-state index is 12.4. The monoisotopic (exact) mass is 278 g/mol. The fourth-order valence-electron chi connectivity index (χ4n) is 2.66. The number of fused-ring (bicyclic) bond motifs is 1. The van der Waals surface area contributed by atoms with Gasteiger partial charge in [-0.05, 0) is 25.3 Å². The van der Waals surface area contributed by atoms with E-state index in [1.54, 1.807) is 0 Å². The standard InChI is InChI=1S/C10H13F3N4S/c11-10(12,13)8-15-9(18-16-8)17-4-6-2-1-3-14-7(6)5-17/h6-7,14H,1-5H2. The Bertz CT molecular complexity index is 419. The van der Waals surface area contributed by atoms with Crippen molar-refractivity contribution in [2.45, 2.75) is 25.1 Å². The van der Waals surface area contributed by atoms with Crippen LogP contribution >= 0.6 is 11.5 Å². The van der Waals surface area contributed by atoms with Gasteiger partial charge < -0.3 is 10.2 Å². The number of anilines is 1. The van der Waals surface area contributed by atoms with Crippen molar-refractivity contribution in [3.05, 3.63) is 5.82 Å². The molecule has 4 nitrogen and oxygen atoms in total. The highest BCUT2D eigenvalue weighted by Crippen LogP contribution is 2.33. The van der Waals surface area contributed by atoms with E-state index < -0.39 is 12.0 Å². The van der Waals surface area contributed by atoms with E-state index in [9.17, 15) is 13.2 Å². The van der Waals surface area contributed by atoms with E-state index in [4.69, 9.17) is 0 Å². The zero-order chi connectivity index (χ0) is 12.8. The molecule has 2 fully saturated rings. The van der Waals surface area contributed by atoms with E-state index in [2.05, 4.69) is 14.7 Å². The molecule has 0 radical (unpaired) electrons. The SMILES string of the molecule is FC(F)(F)c1nsc(N2CC3CCCNC3C2)n1. The summed E-state index contributed by atoms with van der Waals surface area (Å²) < 4.78 is 40.7. The lowest BCUT2D eigenvalue weighted by Crippen LogP contribution is -2.40. The molecular weight excluding hydrogens is 265 g/mol. The second-order valence-corrected chi connectivity index (χ2v) is 5.50. The maximum atomic E-state index is 12.4. The Morgan fingerprint density at radius 3 is 2.83 bits per heavy atom. The Balaban J connectivity index is 1.74. The van der Waals surface area contributed by atoms with Crippen LogP contribution < -0.4 is 10.2 Å². The Labute approximate surface area is 106 Å². The quantitative estimate of drug-likeness (QED) is 0.849. The minimum Gasteiger partial charge on any atom is -0.345 e. The third kappa shape index (κ3) is 2.18. The first-order chi connectivity index (χ1) is 8.54. The van der Waals surface area contributed by atoms with Gasteiger partial charge in [0.25, 0.3) is 0 Å². The summed E-state index contributed by atoms with van der Waals surface area (Å²) in [7, 11) is 0. The number of aromatic nitrogens is 2. The normalized spacial score (nSPS) is 28.5. The van der Waals surface area contributed by atoms with Crippen LogP contribution in [0.2, 0.25) is 0 Å². The molecule has 1 aromatic rings. The Hall–Kier alpha value is -0.890. The molecule has 2 aliphatic heterocycles. The van der Waals surface area contributed by atoms with Crippen LogP contribution in [0.1, 0.15) is 18.7 Å².